The van der Waals surface area contributed by atoms with Gasteiger partial charge in [-0.25, -0.2) is 9.13 Å². The first kappa shape index (κ1) is 46.4. The second-order valence-electron chi connectivity index (χ2n) is 10.8. The highest BCUT2D eigenvalue weighted by molar-refractivity contribution is 7.45. The Kier molecular flexibility index (Phi) is 25.4. The van der Waals surface area contributed by atoms with Crippen LogP contribution in [0.3, 0.4) is 0 Å². The minimum atomic E-state index is -4.64. The molecular weight excluding hydrogens is 646 g/mol. The topological polar surface area (TPSA) is 156 Å². The normalized spacial score (nSPS) is 9.62. The maximum absolute atomic E-state index is 8.88. The van der Waals surface area contributed by atoms with E-state index in [0.717, 1.165) is 0 Å². The molecule has 0 aliphatic carbocycles. The number of phosphoric acid groups is 2. The van der Waals surface area contributed by atoms with Crippen molar-refractivity contribution in [3.63, 3.8) is 0 Å². The summed E-state index contributed by atoms with van der Waals surface area (Å²) in [7, 11) is -9.28. The highest BCUT2D eigenvalue weighted by Crippen LogP contribution is 2.26. The molecule has 0 spiro atoms. The number of benzene rings is 5. The molecule has 10 heteroatoms. The van der Waals surface area contributed by atoms with E-state index in [-0.39, 0.29) is 0 Å². The predicted molar refractivity (Wildman–Crippen MR) is 199 cm³/mol. The first-order chi connectivity index (χ1) is 22.2. The molecule has 48 heavy (non-hydrogen) atoms. The van der Waals surface area contributed by atoms with Crippen LogP contribution in [0.5, 0.6) is 0 Å². The monoisotopic (exact) mass is 698 g/mol. The zero-order valence-corrected chi connectivity index (χ0v) is 30.9. The molecule has 0 heterocycles. The fourth-order valence-corrected chi connectivity index (χ4v) is 3.61. The molecule has 0 saturated heterocycles. The van der Waals surface area contributed by atoms with Crippen molar-refractivity contribution < 1.29 is 38.5 Å². The van der Waals surface area contributed by atoms with Gasteiger partial charge in [-0.05, 0) is 55.4 Å². The Morgan fingerprint density at radius 2 is 0.396 bits per heavy atom. The van der Waals surface area contributed by atoms with Crippen LogP contribution in [0.25, 0.3) is 0 Å². The molecule has 0 saturated carbocycles. The van der Waals surface area contributed by atoms with Gasteiger partial charge in [0.25, 0.3) is 0 Å². The number of hydrogen-bond donors (Lipinski definition) is 6. The van der Waals surface area contributed by atoms with E-state index in [2.05, 4.69) is 152 Å². The van der Waals surface area contributed by atoms with E-state index in [4.69, 9.17) is 38.5 Å². The lowest BCUT2D eigenvalue weighted by atomic mass is 10.2. The van der Waals surface area contributed by atoms with Gasteiger partial charge in [-0.2, -0.15) is 0 Å². The van der Waals surface area contributed by atoms with Gasteiger partial charge >= 0.3 is 15.6 Å². The molecule has 8 nitrogen and oxygen atoms in total. The Balaban J connectivity index is 0. The van der Waals surface area contributed by atoms with Gasteiger partial charge in [-0.3, -0.25) is 0 Å². The van der Waals surface area contributed by atoms with Crippen molar-refractivity contribution in [3.05, 3.63) is 178 Å². The molecule has 0 fully saturated rings. The Morgan fingerprint density at radius 3 is 0.458 bits per heavy atom. The molecular formula is C38H52O8P2. The molecule has 0 aromatic heterocycles. The third kappa shape index (κ3) is 40.3. The summed E-state index contributed by atoms with van der Waals surface area (Å²) in [6.45, 7) is 16.8. The average Bonchev–Trinajstić information content (AvgIpc) is 2.93. The Bertz CT molecular complexity index is 1320. The molecule has 0 atom stereocenters. The molecule has 0 aliphatic heterocycles. The first-order valence-corrected chi connectivity index (χ1v) is 18.0. The van der Waals surface area contributed by atoms with E-state index >= 15 is 0 Å². The number of hydrogen-bond acceptors (Lipinski definition) is 2. The quantitative estimate of drug-likeness (QED) is 0.0876. The van der Waals surface area contributed by atoms with Crippen LogP contribution in [0.2, 0.25) is 0 Å². The zero-order chi connectivity index (χ0) is 37.2. The summed E-state index contributed by atoms with van der Waals surface area (Å²) in [5.41, 5.74) is 10.7. The van der Waals surface area contributed by atoms with Crippen LogP contribution in [-0.2, 0) is 9.13 Å². The molecule has 5 rings (SSSR count). The van der Waals surface area contributed by atoms with Crippen LogP contribution in [0, 0.1) is 55.4 Å². The minimum absolute atomic E-state index is 1.34. The summed E-state index contributed by atoms with van der Waals surface area (Å²) in [5, 5.41) is 0. The van der Waals surface area contributed by atoms with Crippen LogP contribution in [-0.4, -0.2) is 29.4 Å². The summed E-state index contributed by atoms with van der Waals surface area (Å²) < 4.78 is 17.8. The highest BCUT2D eigenvalue weighted by atomic mass is 31.2. The van der Waals surface area contributed by atoms with Crippen molar-refractivity contribution in [1.29, 1.82) is 0 Å². The van der Waals surface area contributed by atoms with E-state index in [1.807, 2.05) is 36.4 Å². The Labute approximate surface area is 286 Å². The van der Waals surface area contributed by atoms with Crippen molar-refractivity contribution in [2.45, 2.75) is 55.4 Å². The summed E-state index contributed by atoms with van der Waals surface area (Å²) in [5.74, 6) is 0. The van der Waals surface area contributed by atoms with Gasteiger partial charge in [0.15, 0.2) is 0 Å². The highest BCUT2D eigenvalue weighted by Gasteiger charge is 2.00. The Hall–Kier alpha value is -3.68. The van der Waals surface area contributed by atoms with Crippen molar-refractivity contribution >= 4 is 15.6 Å². The smallest absolute Gasteiger partial charge is 0.303 e. The van der Waals surface area contributed by atoms with Gasteiger partial charge in [-0.1, -0.05) is 178 Å². The number of rotatable bonds is 0. The minimum Gasteiger partial charge on any atom is -0.303 e. The summed E-state index contributed by atoms with van der Waals surface area (Å²) in [6.07, 6.45) is 0. The first-order valence-electron chi connectivity index (χ1n) is 14.9. The standard InChI is InChI=1S/4C8H10.C6H6.2H3O4P/c4*1-7-4-3-5-8(2)6-7;1-2-4-6-5-3-1;2*1-5(2,3)4/h4*3-6H,1-2H3;1-6H;2*(H3,1,2,3,4). The van der Waals surface area contributed by atoms with E-state index in [9.17, 15) is 0 Å². The van der Waals surface area contributed by atoms with Crippen LogP contribution in [0.15, 0.2) is 133 Å². The molecule has 0 amide bonds. The fourth-order valence-electron chi connectivity index (χ4n) is 3.61. The maximum Gasteiger partial charge on any atom is 0.466 e. The average molecular weight is 699 g/mol. The lowest BCUT2D eigenvalue weighted by molar-refractivity contribution is 0.272. The van der Waals surface area contributed by atoms with Gasteiger partial charge in [0, 0.05) is 0 Å². The van der Waals surface area contributed by atoms with Gasteiger partial charge in [0.2, 0.25) is 0 Å². The third-order valence-electron chi connectivity index (χ3n) is 5.36. The SMILES string of the molecule is Cc1cccc(C)c1.Cc1cccc(C)c1.Cc1cccc(C)c1.Cc1cccc(C)c1.O=P(O)(O)O.O=P(O)(O)O.c1ccccc1. The van der Waals surface area contributed by atoms with Gasteiger partial charge in [0.05, 0.1) is 0 Å². The van der Waals surface area contributed by atoms with Crippen LogP contribution in [0.1, 0.15) is 44.5 Å². The van der Waals surface area contributed by atoms with E-state index in [1.165, 1.54) is 44.5 Å². The zero-order valence-electron chi connectivity index (χ0n) is 29.1. The van der Waals surface area contributed by atoms with E-state index in [1.54, 1.807) is 0 Å². The second-order valence-corrected chi connectivity index (χ2v) is 12.9. The summed E-state index contributed by atoms with van der Waals surface area (Å²) in [6, 6.07) is 45.8. The van der Waals surface area contributed by atoms with Gasteiger partial charge in [0.1, 0.15) is 0 Å². The molecule has 0 bridgehead atoms. The molecule has 6 N–H and O–H groups in total. The van der Waals surface area contributed by atoms with Gasteiger partial charge in [-0.15, -0.1) is 0 Å². The molecule has 262 valence electrons. The molecule has 0 unspecified atom stereocenters. The largest absolute Gasteiger partial charge is 0.466 e. The van der Waals surface area contributed by atoms with E-state index < -0.39 is 15.6 Å². The lowest BCUT2D eigenvalue weighted by Crippen LogP contribution is -1.71. The Morgan fingerprint density at radius 1 is 0.292 bits per heavy atom. The second kappa shape index (κ2) is 26.3. The van der Waals surface area contributed by atoms with Crippen molar-refractivity contribution in [2.24, 2.45) is 0 Å². The molecule has 5 aromatic carbocycles. The van der Waals surface area contributed by atoms with Crippen molar-refractivity contribution in [2.75, 3.05) is 0 Å². The van der Waals surface area contributed by atoms with Crippen LogP contribution in [0.4, 0.5) is 0 Å². The van der Waals surface area contributed by atoms with Crippen LogP contribution >= 0.6 is 15.6 Å². The van der Waals surface area contributed by atoms with Crippen molar-refractivity contribution in [3.8, 4) is 0 Å². The summed E-state index contributed by atoms with van der Waals surface area (Å²) in [4.78, 5) is 43.1. The third-order valence-corrected chi connectivity index (χ3v) is 5.36. The number of aryl methyl sites for hydroxylation is 8. The molecule has 5 aromatic rings. The molecule has 0 aliphatic rings. The van der Waals surface area contributed by atoms with Crippen molar-refractivity contribution in [1.82, 2.24) is 0 Å². The van der Waals surface area contributed by atoms with Gasteiger partial charge < -0.3 is 29.4 Å². The molecule has 0 radical (unpaired) electrons. The van der Waals surface area contributed by atoms with Crippen LogP contribution < -0.4 is 0 Å². The van der Waals surface area contributed by atoms with E-state index in [0.29, 0.717) is 0 Å². The maximum atomic E-state index is 8.88. The fraction of sp³-hybridized carbons (Fsp3) is 0.211. The summed E-state index contributed by atoms with van der Waals surface area (Å²) >= 11 is 0. The lowest BCUT2D eigenvalue weighted by Gasteiger charge is -1.90. The predicted octanol–water partition coefficient (Wildman–Crippen LogP) is 9.04.